The first-order valence-corrected chi connectivity index (χ1v) is 11.0. The first-order chi connectivity index (χ1) is 15.6. The van der Waals surface area contributed by atoms with Gasteiger partial charge in [-0.25, -0.2) is 8.78 Å². The van der Waals surface area contributed by atoms with Crippen molar-refractivity contribution in [1.29, 1.82) is 0 Å². The summed E-state index contributed by atoms with van der Waals surface area (Å²) >= 11 is 0. The summed E-state index contributed by atoms with van der Waals surface area (Å²) < 4.78 is 27.6. The van der Waals surface area contributed by atoms with Crippen LogP contribution in [0, 0.1) is 11.6 Å². The Morgan fingerprint density at radius 1 is 1.12 bits per heavy atom. The average Bonchev–Trinajstić information content (AvgIpc) is 3.13. The van der Waals surface area contributed by atoms with Crippen molar-refractivity contribution in [1.82, 2.24) is 15.5 Å². The van der Waals surface area contributed by atoms with Gasteiger partial charge >= 0.3 is 0 Å². The van der Waals surface area contributed by atoms with Gasteiger partial charge in [-0.1, -0.05) is 24.3 Å². The van der Waals surface area contributed by atoms with Crippen molar-refractivity contribution >= 4 is 17.7 Å². The summed E-state index contributed by atoms with van der Waals surface area (Å²) in [7, 11) is 0. The summed E-state index contributed by atoms with van der Waals surface area (Å²) in [5, 5.41) is 5.83. The fourth-order valence-electron chi connectivity index (χ4n) is 4.96. The summed E-state index contributed by atoms with van der Waals surface area (Å²) in [4.78, 5) is 40.1. The van der Waals surface area contributed by atoms with Crippen molar-refractivity contribution in [2.45, 2.75) is 50.1 Å². The predicted molar refractivity (Wildman–Crippen MR) is 118 cm³/mol. The molecule has 8 heteroatoms. The summed E-state index contributed by atoms with van der Waals surface area (Å²) in [6.45, 7) is 3.71. The van der Waals surface area contributed by atoms with Crippen molar-refractivity contribution in [2.75, 3.05) is 13.1 Å². The highest BCUT2D eigenvalue weighted by molar-refractivity contribution is 5.99. The van der Waals surface area contributed by atoms with E-state index in [2.05, 4.69) is 10.6 Å². The lowest BCUT2D eigenvalue weighted by molar-refractivity contribution is -0.136. The monoisotopic (exact) mass is 455 g/mol. The number of benzene rings is 2. The van der Waals surface area contributed by atoms with E-state index < -0.39 is 28.6 Å². The number of piperidine rings is 1. The van der Waals surface area contributed by atoms with E-state index in [1.54, 1.807) is 49.1 Å². The number of hydrogen-bond donors (Lipinski definition) is 2. The van der Waals surface area contributed by atoms with Crippen LogP contribution in [0.1, 0.15) is 54.9 Å². The molecule has 2 aromatic carbocycles. The van der Waals surface area contributed by atoms with E-state index in [0.717, 1.165) is 12.1 Å². The molecule has 2 N–H and O–H groups in total. The minimum absolute atomic E-state index is 0.125. The van der Waals surface area contributed by atoms with E-state index in [1.165, 1.54) is 6.07 Å². The van der Waals surface area contributed by atoms with Crippen LogP contribution in [0.2, 0.25) is 0 Å². The van der Waals surface area contributed by atoms with Crippen molar-refractivity contribution in [2.24, 2.45) is 0 Å². The van der Waals surface area contributed by atoms with Gasteiger partial charge in [0.15, 0.2) is 11.6 Å². The van der Waals surface area contributed by atoms with E-state index in [4.69, 9.17) is 0 Å². The minimum atomic E-state index is -1.21. The summed E-state index contributed by atoms with van der Waals surface area (Å²) in [6, 6.07) is 12.3. The molecule has 2 atom stereocenters. The molecule has 33 heavy (non-hydrogen) atoms. The van der Waals surface area contributed by atoms with Crippen LogP contribution in [0.3, 0.4) is 0 Å². The van der Waals surface area contributed by atoms with Crippen LogP contribution in [-0.4, -0.2) is 46.8 Å². The van der Waals surface area contributed by atoms with Crippen LogP contribution in [-0.2, 0) is 9.59 Å². The summed E-state index contributed by atoms with van der Waals surface area (Å²) in [5.74, 6) is -3.12. The molecule has 0 aromatic heterocycles. The van der Waals surface area contributed by atoms with Crippen LogP contribution in [0.15, 0.2) is 48.5 Å². The Kier molecular flexibility index (Phi) is 5.95. The molecule has 0 aliphatic carbocycles. The molecule has 2 fully saturated rings. The fraction of sp³-hybridized carbons (Fsp3) is 0.400. The number of likely N-dealkylation sites (tertiary alicyclic amines) is 1. The van der Waals surface area contributed by atoms with Gasteiger partial charge in [0.1, 0.15) is 5.54 Å². The van der Waals surface area contributed by atoms with Crippen LogP contribution in [0.4, 0.5) is 8.78 Å². The lowest BCUT2D eigenvalue weighted by Crippen LogP contribution is -2.58. The SMILES string of the molecule is CC(C)(NC(=O)c1ccccc1)C(=O)N1C[C@@H](c2ccc(F)c(F)c2)[C@@]2(CCCC(=O)N2)C1. The maximum absolute atomic E-state index is 14.0. The lowest BCUT2D eigenvalue weighted by Gasteiger charge is -2.39. The smallest absolute Gasteiger partial charge is 0.252 e. The molecule has 4 rings (SSSR count). The number of carbonyl (C=O) groups is 3. The normalized spacial score (nSPS) is 22.8. The van der Waals surface area contributed by atoms with Crippen LogP contribution >= 0.6 is 0 Å². The highest BCUT2D eigenvalue weighted by Gasteiger charge is 2.52. The van der Waals surface area contributed by atoms with Gasteiger partial charge in [0.05, 0.1) is 5.54 Å². The fourth-order valence-corrected chi connectivity index (χ4v) is 4.96. The average molecular weight is 456 g/mol. The third kappa shape index (κ3) is 4.47. The topological polar surface area (TPSA) is 78.5 Å². The van der Waals surface area contributed by atoms with Crippen LogP contribution in [0.5, 0.6) is 0 Å². The van der Waals surface area contributed by atoms with E-state index in [1.807, 2.05) is 0 Å². The number of carbonyl (C=O) groups excluding carboxylic acids is 3. The Balaban J connectivity index is 1.60. The second-order valence-electron chi connectivity index (χ2n) is 9.41. The number of nitrogens with zero attached hydrogens (tertiary/aromatic N) is 1. The molecule has 0 saturated carbocycles. The first-order valence-electron chi connectivity index (χ1n) is 11.0. The Hall–Kier alpha value is -3.29. The van der Waals surface area contributed by atoms with E-state index in [9.17, 15) is 23.2 Å². The highest BCUT2D eigenvalue weighted by Crippen LogP contribution is 2.42. The van der Waals surface area contributed by atoms with E-state index in [-0.39, 0.29) is 30.8 Å². The number of hydrogen-bond acceptors (Lipinski definition) is 3. The molecule has 0 bridgehead atoms. The van der Waals surface area contributed by atoms with Crippen molar-refractivity contribution in [3.8, 4) is 0 Å². The first kappa shape index (κ1) is 22.9. The number of rotatable bonds is 4. The van der Waals surface area contributed by atoms with E-state index in [0.29, 0.717) is 30.4 Å². The molecular weight excluding hydrogens is 428 g/mol. The Labute approximate surface area is 191 Å². The van der Waals surface area contributed by atoms with Gasteiger partial charge in [-0.05, 0) is 56.5 Å². The van der Waals surface area contributed by atoms with Crippen LogP contribution < -0.4 is 10.6 Å². The third-order valence-electron chi connectivity index (χ3n) is 6.59. The Morgan fingerprint density at radius 3 is 2.52 bits per heavy atom. The zero-order valence-corrected chi connectivity index (χ0v) is 18.7. The molecule has 0 radical (unpaired) electrons. The largest absolute Gasteiger partial charge is 0.348 e. The summed E-state index contributed by atoms with van der Waals surface area (Å²) in [6.07, 6.45) is 1.64. The lowest BCUT2D eigenvalue weighted by atomic mass is 9.76. The Bertz CT molecular complexity index is 1090. The van der Waals surface area contributed by atoms with Gasteiger partial charge in [0.25, 0.3) is 5.91 Å². The maximum Gasteiger partial charge on any atom is 0.252 e. The van der Waals surface area contributed by atoms with Gasteiger partial charge in [-0.3, -0.25) is 14.4 Å². The number of amides is 3. The zero-order chi connectivity index (χ0) is 23.8. The van der Waals surface area contributed by atoms with Gasteiger partial charge in [0.2, 0.25) is 11.8 Å². The van der Waals surface area contributed by atoms with Crippen molar-refractivity contribution < 1.29 is 23.2 Å². The third-order valence-corrected chi connectivity index (χ3v) is 6.59. The molecule has 2 aromatic rings. The van der Waals surface area contributed by atoms with Gasteiger partial charge in [0, 0.05) is 31.0 Å². The molecule has 2 aliphatic heterocycles. The molecule has 2 saturated heterocycles. The molecule has 3 amide bonds. The Morgan fingerprint density at radius 2 is 1.85 bits per heavy atom. The number of halogens is 2. The molecule has 2 heterocycles. The maximum atomic E-state index is 14.0. The molecule has 2 aliphatic rings. The van der Waals surface area contributed by atoms with Crippen molar-refractivity contribution in [3.63, 3.8) is 0 Å². The zero-order valence-electron chi connectivity index (χ0n) is 18.7. The second-order valence-corrected chi connectivity index (χ2v) is 9.41. The van der Waals surface area contributed by atoms with Gasteiger partial charge < -0.3 is 15.5 Å². The minimum Gasteiger partial charge on any atom is -0.348 e. The molecule has 0 unspecified atom stereocenters. The molecule has 6 nitrogen and oxygen atoms in total. The van der Waals surface area contributed by atoms with Gasteiger partial charge in [-0.15, -0.1) is 0 Å². The van der Waals surface area contributed by atoms with Gasteiger partial charge in [-0.2, -0.15) is 0 Å². The van der Waals surface area contributed by atoms with E-state index >= 15 is 0 Å². The standard InChI is InChI=1S/C25H27F2N3O3/c1-24(2,29-22(32)16-7-4-3-5-8-16)23(33)30-14-18(17-10-11-19(26)20(27)13-17)25(15-30)12-6-9-21(31)28-25/h3-5,7-8,10-11,13,18H,6,9,12,14-15H2,1-2H3,(H,28,31)(H,29,32)/t18-,25+/m0/s1. The quantitative estimate of drug-likeness (QED) is 0.744. The summed E-state index contributed by atoms with van der Waals surface area (Å²) in [5.41, 5.74) is -1.02. The number of nitrogens with one attached hydrogen (secondary N) is 2. The predicted octanol–water partition coefficient (Wildman–Crippen LogP) is 3.14. The molecule has 1 spiro atoms. The van der Waals surface area contributed by atoms with Crippen LogP contribution in [0.25, 0.3) is 0 Å². The second kappa shape index (κ2) is 8.57. The highest BCUT2D eigenvalue weighted by atomic mass is 19.2. The molecular formula is C25H27F2N3O3. The van der Waals surface area contributed by atoms with Crippen molar-refractivity contribution in [3.05, 3.63) is 71.3 Å². The molecule has 174 valence electrons.